The van der Waals surface area contributed by atoms with Crippen LogP contribution >= 0.6 is 0 Å². The van der Waals surface area contributed by atoms with Gasteiger partial charge in [-0.2, -0.15) is 0 Å². The lowest BCUT2D eigenvalue weighted by Crippen LogP contribution is -2.36. The third kappa shape index (κ3) is 7.06. The number of benzene rings is 1. The number of piperidine rings is 1. The maximum absolute atomic E-state index is 12.8. The number of carbonyl (C=O) groups excluding carboxylic acids is 1. The molecule has 1 aromatic carbocycles. The third-order valence-electron chi connectivity index (χ3n) is 5.28. The molecule has 27 heavy (non-hydrogen) atoms. The van der Waals surface area contributed by atoms with Gasteiger partial charge in [-0.3, -0.25) is 4.79 Å². The molecule has 5 nitrogen and oxygen atoms in total. The van der Waals surface area contributed by atoms with Crippen LogP contribution in [0.4, 0.5) is 0 Å². The minimum Gasteiger partial charge on any atom is -0.493 e. The number of nitrogens with zero attached hydrogens (tertiary/aromatic N) is 1. The van der Waals surface area contributed by atoms with Gasteiger partial charge in [-0.15, -0.1) is 0 Å². The van der Waals surface area contributed by atoms with Gasteiger partial charge in [0.15, 0.2) is 11.5 Å². The van der Waals surface area contributed by atoms with Crippen LogP contribution in [0.3, 0.4) is 0 Å². The molecule has 1 aliphatic rings. The molecule has 1 heterocycles. The molecule has 0 saturated carbocycles. The van der Waals surface area contributed by atoms with Crippen LogP contribution in [0.25, 0.3) is 0 Å². The van der Waals surface area contributed by atoms with E-state index in [4.69, 9.17) is 9.47 Å². The van der Waals surface area contributed by atoms with Gasteiger partial charge in [0.2, 0.25) is 5.91 Å². The van der Waals surface area contributed by atoms with Gasteiger partial charge in [-0.1, -0.05) is 19.9 Å². The summed E-state index contributed by atoms with van der Waals surface area (Å²) < 4.78 is 10.7. The number of amides is 1. The van der Waals surface area contributed by atoms with E-state index >= 15 is 0 Å². The highest BCUT2D eigenvalue weighted by Crippen LogP contribution is 2.28. The van der Waals surface area contributed by atoms with E-state index in [1.54, 1.807) is 14.2 Å². The summed E-state index contributed by atoms with van der Waals surface area (Å²) in [5, 5.41) is 3.39. The van der Waals surface area contributed by atoms with Gasteiger partial charge in [-0.25, -0.2) is 0 Å². The molecule has 0 aliphatic carbocycles. The van der Waals surface area contributed by atoms with Crippen LogP contribution in [-0.4, -0.2) is 51.2 Å². The van der Waals surface area contributed by atoms with Crippen molar-refractivity contribution in [1.82, 2.24) is 10.2 Å². The number of hydrogen-bond donors (Lipinski definition) is 1. The van der Waals surface area contributed by atoms with E-state index < -0.39 is 0 Å². The molecule has 0 unspecified atom stereocenters. The van der Waals surface area contributed by atoms with E-state index in [0.29, 0.717) is 24.2 Å². The Balaban J connectivity index is 1.91. The van der Waals surface area contributed by atoms with Gasteiger partial charge >= 0.3 is 0 Å². The molecule has 0 bridgehead atoms. The Kier molecular flexibility index (Phi) is 8.92. The molecular weight excluding hydrogens is 340 g/mol. The second-order valence-electron chi connectivity index (χ2n) is 7.90. The van der Waals surface area contributed by atoms with Crippen LogP contribution in [0, 0.1) is 11.8 Å². The largest absolute Gasteiger partial charge is 0.493 e. The normalized spacial score (nSPS) is 15.0. The second kappa shape index (κ2) is 11.2. The topological polar surface area (TPSA) is 50.8 Å². The van der Waals surface area contributed by atoms with Gasteiger partial charge in [0, 0.05) is 19.5 Å². The first-order valence-corrected chi connectivity index (χ1v) is 10.2. The van der Waals surface area contributed by atoms with Crippen molar-refractivity contribution < 1.29 is 14.3 Å². The zero-order valence-corrected chi connectivity index (χ0v) is 17.4. The highest BCUT2D eigenvalue weighted by atomic mass is 16.5. The molecule has 2 rings (SSSR count). The smallest absolute Gasteiger partial charge is 0.222 e. The Hall–Kier alpha value is -1.75. The molecule has 0 atom stereocenters. The molecular formula is C22H36N2O3. The predicted octanol–water partition coefficient (Wildman–Crippen LogP) is 3.51. The molecule has 1 amide bonds. The molecule has 1 fully saturated rings. The summed E-state index contributed by atoms with van der Waals surface area (Å²) in [4.78, 5) is 14.9. The molecule has 5 heteroatoms. The molecule has 1 aromatic rings. The zero-order valence-electron chi connectivity index (χ0n) is 17.4. The Bertz CT molecular complexity index is 583. The van der Waals surface area contributed by atoms with Crippen molar-refractivity contribution in [1.29, 1.82) is 0 Å². The fraction of sp³-hybridized carbons (Fsp3) is 0.682. The standard InChI is InChI=1S/C22H36N2O3/c1-17(2)16-24(22(25)8-6-18-9-12-23-13-10-18)14-11-19-5-7-20(26-3)21(15-19)27-4/h5,7,15,17-18,23H,6,8-14,16H2,1-4H3. The summed E-state index contributed by atoms with van der Waals surface area (Å²) in [7, 11) is 3.29. The second-order valence-corrected chi connectivity index (χ2v) is 7.90. The zero-order chi connectivity index (χ0) is 19.6. The van der Waals surface area contributed by atoms with Gasteiger partial charge in [0.1, 0.15) is 0 Å². The van der Waals surface area contributed by atoms with Gasteiger partial charge in [0.25, 0.3) is 0 Å². The average Bonchev–Trinajstić information content (AvgIpc) is 2.69. The fourth-order valence-electron chi connectivity index (χ4n) is 3.71. The SMILES string of the molecule is COc1ccc(CCN(CC(C)C)C(=O)CCC2CCNCC2)cc1OC. The lowest BCUT2D eigenvalue weighted by Gasteiger charge is -2.27. The van der Waals surface area contributed by atoms with Crippen LogP contribution < -0.4 is 14.8 Å². The minimum atomic E-state index is 0.294. The molecule has 1 N–H and O–H groups in total. The summed E-state index contributed by atoms with van der Waals surface area (Å²) in [6.45, 7) is 8.09. The summed E-state index contributed by atoms with van der Waals surface area (Å²) in [6.07, 6.45) is 4.91. The number of nitrogens with one attached hydrogen (secondary N) is 1. The van der Waals surface area contributed by atoms with Gasteiger partial charge in [0.05, 0.1) is 14.2 Å². The van der Waals surface area contributed by atoms with E-state index in [-0.39, 0.29) is 0 Å². The van der Waals surface area contributed by atoms with Crippen molar-refractivity contribution in [2.45, 2.75) is 46.0 Å². The predicted molar refractivity (Wildman–Crippen MR) is 109 cm³/mol. The summed E-state index contributed by atoms with van der Waals surface area (Å²) in [5.41, 5.74) is 1.16. The molecule has 1 saturated heterocycles. The van der Waals surface area contributed by atoms with E-state index in [1.807, 2.05) is 17.0 Å². The molecule has 0 aromatic heterocycles. The lowest BCUT2D eigenvalue weighted by molar-refractivity contribution is -0.132. The quantitative estimate of drug-likeness (QED) is 0.679. The first kappa shape index (κ1) is 21.5. The Morgan fingerprint density at radius 1 is 1.19 bits per heavy atom. The summed E-state index contributed by atoms with van der Waals surface area (Å²) in [5.74, 6) is 2.93. The first-order chi connectivity index (χ1) is 13.0. The fourth-order valence-corrected chi connectivity index (χ4v) is 3.71. The van der Waals surface area contributed by atoms with E-state index in [1.165, 1.54) is 12.8 Å². The average molecular weight is 377 g/mol. The maximum atomic E-state index is 12.8. The van der Waals surface area contributed by atoms with Crippen LogP contribution in [0.5, 0.6) is 11.5 Å². The van der Waals surface area contributed by atoms with Gasteiger partial charge in [-0.05, 0) is 68.3 Å². The van der Waals surface area contributed by atoms with Gasteiger partial charge < -0.3 is 19.7 Å². The van der Waals surface area contributed by atoms with Crippen molar-refractivity contribution in [3.63, 3.8) is 0 Å². The molecule has 0 spiro atoms. The maximum Gasteiger partial charge on any atom is 0.222 e. The highest BCUT2D eigenvalue weighted by molar-refractivity contribution is 5.76. The first-order valence-electron chi connectivity index (χ1n) is 10.2. The van der Waals surface area contributed by atoms with Crippen LogP contribution in [0.15, 0.2) is 18.2 Å². The van der Waals surface area contributed by atoms with Crippen LogP contribution in [0.1, 0.15) is 45.1 Å². The number of carbonyl (C=O) groups is 1. The summed E-state index contributed by atoms with van der Waals surface area (Å²) >= 11 is 0. The Morgan fingerprint density at radius 3 is 2.52 bits per heavy atom. The molecule has 152 valence electrons. The molecule has 1 aliphatic heterocycles. The molecule has 0 radical (unpaired) electrons. The Morgan fingerprint density at radius 2 is 1.89 bits per heavy atom. The number of ether oxygens (including phenoxy) is 2. The van der Waals surface area contributed by atoms with E-state index in [0.717, 1.165) is 56.1 Å². The van der Waals surface area contributed by atoms with Crippen molar-refractivity contribution in [3.8, 4) is 11.5 Å². The minimum absolute atomic E-state index is 0.294. The van der Waals surface area contributed by atoms with E-state index in [9.17, 15) is 4.79 Å². The third-order valence-corrected chi connectivity index (χ3v) is 5.28. The van der Waals surface area contributed by atoms with Crippen molar-refractivity contribution >= 4 is 5.91 Å². The summed E-state index contributed by atoms with van der Waals surface area (Å²) in [6, 6.07) is 5.99. The number of hydrogen-bond acceptors (Lipinski definition) is 4. The number of methoxy groups -OCH3 is 2. The number of rotatable bonds is 10. The van der Waals surface area contributed by atoms with Crippen LogP contribution in [-0.2, 0) is 11.2 Å². The Labute approximate surface area is 164 Å². The van der Waals surface area contributed by atoms with Crippen molar-refractivity contribution in [2.24, 2.45) is 11.8 Å². The van der Waals surface area contributed by atoms with Crippen molar-refractivity contribution in [2.75, 3.05) is 40.4 Å². The highest BCUT2D eigenvalue weighted by Gasteiger charge is 2.19. The van der Waals surface area contributed by atoms with E-state index in [2.05, 4.69) is 25.2 Å². The van der Waals surface area contributed by atoms with Crippen LogP contribution in [0.2, 0.25) is 0 Å². The lowest BCUT2D eigenvalue weighted by atomic mass is 9.93. The monoisotopic (exact) mass is 376 g/mol. The van der Waals surface area contributed by atoms with Crippen molar-refractivity contribution in [3.05, 3.63) is 23.8 Å².